The van der Waals surface area contributed by atoms with E-state index in [4.69, 9.17) is 15.2 Å². The zero-order valence-corrected chi connectivity index (χ0v) is 15.1. The number of anilines is 1. The smallest absolute Gasteiger partial charge is 0.165 e. The topological polar surface area (TPSA) is 83.2 Å². The molecule has 0 fully saturated rings. The van der Waals surface area contributed by atoms with Crippen LogP contribution in [0.2, 0.25) is 0 Å². The third-order valence-corrected chi connectivity index (χ3v) is 4.29. The Labute approximate surface area is 147 Å². The molecule has 0 atom stereocenters. The first kappa shape index (κ1) is 17.0. The maximum atomic E-state index is 6.21. The van der Waals surface area contributed by atoms with Crippen molar-refractivity contribution in [3.05, 3.63) is 35.8 Å². The van der Waals surface area contributed by atoms with Crippen LogP contribution in [0.3, 0.4) is 0 Å². The summed E-state index contributed by atoms with van der Waals surface area (Å²) < 4.78 is 11.0. The predicted octanol–water partition coefficient (Wildman–Crippen LogP) is 3.72. The fourth-order valence-corrected chi connectivity index (χ4v) is 3.24. The van der Waals surface area contributed by atoms with Crippen molar-refractivity contribution in [2.24, 2.45) is 0 Å². The molecular weight excluding hydrogens is 316 g/mol. The average Bonchev–Trinajstić information content (AvgIpc) is 2.59. The molecule has 1 aromatic carbocycles. The number of pyridine rings is 1. The molecule has 0 amide bonds. The molecule has 0 saturated heterocycles. The minimum absolute atomic E-state index is 0.238. The van der Waals surface area contributed by atoms with E-state index in [9.17, 15) is 0 Å². The van der Waals surface area contributed by atoms with Crippen molar-refractivity contribution in [2.45, 2.75) is 26.7 Å². The number of aryl methyl sites for hydroxylation is 1. The highest BCUT2D eigenvalue weighted by molar-refractivity contribution is 6.02. The van der Waals surface area contributed by atoms with Crippen molar-refractivity contribution in [2.75, 3.05) is 20.0 Å². The summed E-state index contributed by atoms with van der Waals surface area (Å²) in [6.07, 6.45) is 1.44. The van der Waals surface area contributed by atoms with Gasteiger partial charge < -0.3 is 15.2 Å². The molecule has 0 radical (unpaired) electrons. The quantitative estimate of drug-likeness (QED) is 0.780. The number of fused-ring (bicyclic) bond motifs is 1. The highest BCUT2D eigenvalue weighted by atomic mass is 16.5. The molecule has 2 aromatic heterocycles. The number of aromatic nitrogens is 3. The number of benzene rings is 1. The summed E-state index contributed by atoms with van der Waals surface area (Å²) in [6, 6.07) is 5.71. The maximum Gasteiger partial charge on any atom is 0.165 e. The van der Waals surface area contributed by atoms with E-state index in [1.54, 1.807) is 14.2 Å². The van der Waals surface area contributed by atoms with Gasteiger partial charge in [-0.15, -0.1) is 0 Å². The van der Waals surface area contributed by atoms with Crippen molar-refractivity contribution >= 4 is 16.9 Å². The SMILES string of the molecule is COc1ccc(OC)c(-c2c(C(C)C)c(C)nc3ncnc(N)c23)c1. The lowest BCUT2D eigenvalue weighted by Gasteiger charge is -2.20. The van der Waals surface area contributed by atoms with Crippen molar-refractivity contribution in [3.8, 4) is 22.6 Å². The van der Waals surface area contributed by atoms with Crippen LogP contribution >= 0.6 is 0 Å². The summed E-state index contributed by atoms with van der Waals surface area (Å²) in [5, 5.41) is 0.739. The number of rotatable bonds is 4. The van der Waals surface area contributed by atoms with Crippen LogP contribution in [0.5, 0.6) is 11.5 Å². The standard InChI is InChI=1S/C19H22N4O2/c1-10(2)15-11(3)23-19-17(18(20)21-9-22-19)16(15)13-8-12(24-4)6-7-14(13)25-5/h6-10H,1-5H3,(H2,20,21,22,23). The summed E-state index contributed by atoms with van der Waals surface area (Å²) in [4.78, 5) is 13.1. The normalized spacial score (nSPS) is 11.1. The molecule has 0 aliphatic carbocycles. The molecule has 0 saturated carbocycles. The summed E-state index contributed by atoms with van der Waals surface area (Å²) in [5.41, 5.74) is 10.6. The maximum absolute atomic E-state index is 6.21. The van der Waals surface area contributed by atoms with Gasteiger partial charge in [-0.05, 0) is 36.6 Å². The van der Waals surface area contributed by atoms with Crippen molar-refractivity contribution < 1.29 is 9.47 Å². The van der Waals surface area contributed by atoms with E-state index < -0.39 is 0 Å². The van der Waals surface area contributed by atoms with Crippen LogP contribution in [0, 0.1) is 6.92 Å². The zero-order chi connectivity index (χ0) is 18.1. The van der Waals surface area contributed by atoms with E-state index in [1.807, 2.05) is 25.1 Å². The van der Waals surface area contributed by atoms with Gasteiger partial charge in [-0.25, -0.2) is 15.0 Å². The number of ether oxygens (including phenoxy) is 2. The summed E-state index contributed by atoms with van der Waals surface area (Å²) in [6.45, 7) is 6.25. The Kier molecular flexibility index (Phi) is 4.44. The Bertz CT molecular complexity index is 938. The Morgan fingerprint density at radius 1 is 1.08 bits per heavy atom. The molecule has 25 heavy (non-hydrogen) atoms. The van der Waals surface area contributed by atoms with Gasteiger partial charge in [-0.3, -0.25) is 0 Å². The van der Waals surface area contributed by atoms with Gasteiger partial charge in [-0.1, -0.05) is 13.8 Å². The van der Waals surface area contributed by atoms with Gasteiger partial charge in [0.1, 0.15) is 23.6 Å². The molecule has 2 N–H and O–H groups in total. The first-order valence-corrected chi connectivity index (χ1v) is 8.11. The lowest BCUT2D eigenvalue weighted by atomic mass is 9.89. The van der Waals surface area contributed by atoms with Gasteiger partial charge in [0, 0.05) is 16.8 Å². The molecular formula is C19H22N4O2. The minimum atomic E-state index is 0.238. The first-order valence-electron chi connectivity index (χ1n) is 8.11. The lowest BCUT2D eigenvalue weighted by molar-refractivity contribution is 0.404. The zero-order valence-electron chi connectivity index (χ0n) is 15.1. The summed E-state index contributed by atoms with van der Waals surface area (Å²) >= 11 is 0. The summed E-state index contributed by atoms with van der Waals surface area (Å²) in [7, 11) is 3.29. The van der Waals surface area contributed by atoms with E-state index in [0.717, 1.165) is 39.3 Å². The lowest BCUT2D eigenvalue weighted by Crippen LogP contribution is -2.05. The molecule has 6 nitrogen and oxygen atoms in total. The van der Waals surface area contributed by atoms with Crippen LogP contribution in [0.4, 0.5) is 5.82 Å². The van der Waals surface area contributed by atoms with Gasteiger partial charge in [0.05, 0.1) is 19.6 Å². The number of nitrogens with two attached hydrogens (primary N) is 1. The molecule has 0 aliphatic heterocycles. The summed E-state index contributed by atoms with van der Waals surface area (Å²) in [5.74, 6) is 2.11. The van der Waals surface area contributed by atoms with Crippen molar-refractivity contribution in [3.63, 3.8) is 0 Å². The fraction of sp³-hybridized carbons (Fsp3) is 0.316. The fourth-order valence-electron chi connectivity index (χ4n) is 3.24. The van der Waals surface area contributed by atoms with E-state index in [2.05, 4.69) is 28.8 Å². The monoisotopic (exact) mass is 338 g/mol. The second-order valence-electron chi connectivity index (χ2n) is 6.16. The van der Waals surface area contributed by atoms with Gasteiger partial charge in [-0.2, -0.15) is 0 Å². The van der Waals surface area contributed by atoms with Crippen LogP contribution in [0.1, 0.15) is 31.0 Å². The van der Waals surface area contributed by atoms with Gasteiger partial charge in [0.15, 0.2) is 5.65 Å². The highest BCUT2D eigenvalue weighted by Crippen LogP contribution is 2.43. The molecule has 3 aromatic rings. The third-order valence-electron chi connectivity index (χ3n) is 4.29. The average molecular weight is 338 g/mol. The van der Waals surface area contributed by atoms with Crippen LogP contribution < -0.4 is 15.2 Å². The van der Waals surface area contributed by atoms with Crippen molar-refractivity contribution in [1.29, 1.82) is 0 Å². The van der Waals surface area contributed by atoms with Crippen molar-refractivity contribution in [1.82, 2.24) is 15.0 Å². The van der Waals surface area contributed by atoms with Gasteiger partial charge >= 0.3 is 0 Å². The minimum Gasteiger partial charge on any atom is -0.497 e. The predicted molar refractivity (Wildman–Crippen MR) is 99.1 cm³/mol. The molecule has 0 unspecified atom stereocenters. The number of nitrogen functional groups attached to an aromatic ring is 1. The Balaban J connectivity index is 2.52. The molecule has 6 heteroatoms. The Morgan fingerprint density at radius 2 is 1.84 bits per heavy atom. The van der Waals surface area contributed by atoms with Crippen LogP contribution in [-0.2, 0) is 0 Å². The first-order chi connectivity index (χ1) is 12.0. The molecule has 0 spiro atoms. The molecule has 3 rings (SSSR count). The molecule has 0 bridgehead atoms. The Morgan fingerprint density at radius 3 is 2.48 bits per heavy atom. The number of nitrogens with zero attached hydrogens (tertiary/aromatic N) is 3. The second-order valence-corrected chi connectivity index (χ2v) is 6.16. The number of methoxy groups -OCH3 is 2. The van der Waals surface area contributed by atoms with Crippen LogP contribution in [0.25, 0.3) is 22.2 Å². The second kappa shape index (κ2) is 6.55. The molecule has 130 valence electrons. The van der Waals surface area contributed by atoms with E-state index in [1.165, 1.54) is 6.33 Å². The third kappa shape index (κ3) is 2.84. The van der Waals surface area contributed by atoms with Crippen LogP contribution in [-0.4, -0.2) is 29.2 Å². The van der Waals surface area contributed by atoms with Gasteiger partial charge in [0.2, 0.25) is 0 Å². The highest BCUT2D eigenvalue weighted by Gasteiger charge is 2.22. The van der Waals surface area contributed by atoms with Gasteiger partial charge in [0.25, 0.3) is 0 Å². The largest absolute Gasteiger partial charge is 0.497 e. The van der Waals surface area contributed by atoms with E-state index in [-0.39, 0.29) is 5.92 Å². The Hall–Kier alpha value is -2.89. The van der Waals surface area contributed by atoms with E-state index >= 15 is 0 Å². The van der Waals surface area contributed by atoms with E-state index in [0.29, 0.717) is 11.5 Å². The number of hydrogen-bond acceptors (Lipinski definition) is 6. The molecule has 2 heterocycles. The van der Waals surface area contributed by atoms with Crippen LogP contribution in [0.15, 0.2) is 24.5 Å². The number of hydrogen-bond donors (Lipinski definition) is 1. The molecule has 0 aliphatic rings.